The van der Waals surface area contributed by atoms with Crippen molar-refractivity contribution in [3.05, 3.63) is 12.2 Å². The van der Waals surface area contributed by atoms with Gasteiger partial charge in [-0.2, -0.15) is 0 Å². The van der Waals surface area contributed by atoms with E-state index in [9.17, 15) is 4.79 Å². The van der Waals surface area contributed by atoms with Crippen molar-refractivity contribution in [3.63, 3.8) is 0 Å². The molecule has 0 radical (unpaired) electrons. The summed E-state index contributed by atoms with van der Waals surface area (Å²) in [5, 5.41) is 0. The standard InChI is InChI=1S/C11H18O2/c1-8(9-6-5-7-9)10(12)13-11(2,3)4/h9H,1,5-7H2,2-4H3. The molecule has 0 atom stereocenters. The molecule has 1 saturated carbocycles. The summed E-state index contributed by atoms with van der Waals surface area (Å²) in [4.78, 5) is 11.5. The van der Waals surface area contributed by atoms with Gasteiger partial charge in [0.05, 0.1) is 0 Å². The molecule has 0 aromatic heterocycles. The highest BCUT2D eigenvalue weighted by Crippen LogP contribution is 2.33. The molecule has 0 spiro atoms. The molecule has 1 rings (SSSR count). The average molecular weight is 182 g/mol. The number of hydrogen-bond donors (Lipinski definition) is 0. The average Bonchev–Trinajstić information content (AvgIpc) is 1.78. The van der Waals surface area contributed by atoms with Crippen LogP contribution in [0, 0.1) is 5.92 Å². The van der Waals surface area contributed by atoms with E-state index >= 15 is 0 Å². The third-order valence-electron chi connectivity index (χ3n) is 2.26. The summed E-state index contributed by atoms with van der Waals surface area (Å²) in [7, 11) is 0. The van der Waals surface area contributed by atoms with E-state index < -0.39 is 5.60 Å². The van der Waals surface area contributed by atoms with Crippen LogP contribution in [0.4, 0.5) is 0 Å². The second-order valence-corrected chi connectivity index (χ2v) is 4.65. The topological polar surface area (TPSA) is 26.3 Å². The molecule has 0 bridgehead atoms. The van der Waals surface area contributed by atoms with E-state index in [1.165, 1.54) is 6.42 Å². The highest BCUT2D eigenvalue weighted by molar-refractivity contribution is 5.88. The molecule has 0 unspecified atom stereocenters. The van der Waals surface area contributed by atoms with Gasteiger partial charge in [-0.05, 0) is 39.5 Å². The van der Waals surface area contributed by atoms with Gasteiger partial charge in [-0.15, -0.1) is 0 Å². The zero-order chi connectivity index (χ0) is 10.1. The third-order valence-corrected chi connectivity index (χ3v) is 2.26. The molecule has 2 nitrogen and oxygen atoms in total. The Balaban J connectivity index is 2.43. The van der Waals surface area contributed by atoms with E-state index in [0.717, 1.165) is 12.8 Å². The van der Waals surface area contributed by atoms with Gasteiger partial charge >= 0.3 is 5.97 Å². The summed E-state index contributed by atoms with van der Waals surface area (Å²) in [6.07, 6.45) is 3.41. The second kappa shape index (κ2) is 3.52. The predicted octanol–water partition coefficient (Wildman–Crippen LogP) is 2.68. The van der Waals surface area contributed by atoms with Crippen LogP contribution in [0.25, 0.3) is 0 Å². The number of carbonyl (C=O) groups excluding carboxylic acids is 1. The third kappa shape index (κ3) is 2.87. The van der Waals surface area contributed by atoms with Gasteiger partial charge in [0.25, 0.3) is 0 Å². The van der Waals surface area contributed by atoms with Gasteiger partial charge in [0.15, 0.2) is 0 Å². The summed E-state index contributed by atoms with van der Waals surface area (Å²) in [6, 6.07) is 0. The largest absolute Gasteiger partial charge is 0.457 e. The fraction of sp³-hybridized carbons (Fsp3) is 0.727. The van der Waals surface area contributed by atoms with Gasteiger partial charge in [0.1, 0.15) is 5.60 Å². The lowest BCUT2D eigenvalue weighted by Gasteiger charge is -2.28. The molecule has 0 aromatic carbocycles. The van der Waals surface area contributed by atoms with Crippen LogP contribution in [0.5, 0.6) is 0 Å². The lowest BCUT2D eigenvalue weighted by molar-refractivity contribution is -0.150. The van der Waals surface area contributed by atoms with Gasteiger partial charge in [0.2, 0.25) is 0 Å². The van der Waals surface area contributed by atoms with Crippen molar-refractivity contribution in [2.75, 3.05) is 0 Å². The van der Waals surface area contributed by atoms with Crippen LogP contribution in [-0.4, -0.2) is 11.6 Å². The van der Waals surface area contributed by atoms with Crippen LogP contribution in [-0.2, 0) is 9.53 Å². The Kier molecular flexibility index (Phi) is 2.79. The quantitative estimate of drug-likeness (QED) is 0.485. The Bertz CT molecular complexity index is 219. The predicted molar refractivity (Wildman–Crippen MR) is 52.3 cm³/mol. The first-order valence-electron chi connectivity index (χ1n) is 4.82. The molecule has 74 valence electrons. The molecular formula is C11H18O2. The van der Waals surface area contributed by atoms with E-state index in [-0.39, 0.29) is 5.97 Å². The van der Waals surface area contributed by atoms with Gasteiger partial charge in [-0.3, -0.25) is 0 Å². The van der Waals surface area contributed by atoms with Gasteiger partial charge in [-0.1, -0.05) is 13.0 Å². The van der Waals surface area contributed by atoms with E-state index in [1.807, 2.05) is 20.8 Å². The zero-order valence-corrected chi connectivity index (χ0v) is 8.72. The molecule has 0 aliphatic heterocycles. The van der Waals surface area contributed by atoms with Crippen molar-refractivity contribution in [1.29, 1.82) is 0 Å². The van der Waals surface area contributed by atoms with Crippen LogP contribution in [0.1, 0.15) is 40.0 Å². The summed E-state index contributed by atoms with van der Waals surface area (Å²) in [5.41, 5.74) is 0.255. The SMILES string of the molecule is C=C(C(=O)OC(C)(C)C)C1CCC1. The van der Waals surface area contributed by atoms with Crippen LogP contribution >= 0.6 is 0 Å². The first-order chi connectivity index (χ1) is 5.90. The fourth-order valence-electron chi connectivity index (χ4n) is 1.27. The van der Waals surface area contributed by atoms with Crippen LogP contribution in [0.3, 0.4) is 0 Å². The van der Waals surface area contributed by atoms with Crippen molar-refractivity contribution in [1.82, 2.24) is 0 Å². The fourth-order valence-corrected chi connectivity index (χ4v) is 1.27. The van der Waals surface area contributed by atoms with Crippen molar-refractivity contribution >= 4 is 5.97 Å². The molecule has 1 aliphatic rings. The number of ether oxygens (including phenoxy) is 1. The van der Waals surface area contributed by atoms with E-state index in [2.05, 4.69) is 6.58 Å². The lowest BCUT2D eigenvalue weighted by Crippen LogP contribution is -2.28. The highest BCUT2D eigenvalue weighted by Gasteiger charge is 2.28. The van der Waals surface area contributed by atoms with Gasteiger partial charge < -0.3 is 4.74 Å². The lowest BCUT2D eigenvalue weighted by atomic mass is 9.80. The summed E-state index contributed by atoms with van der Waals surface area (Å²) in [6.45, 7) is 9.41. The molecule has 1 aliphatic carbocycles. The molecule has 0 saturated heterocycles. The van der Waals surface area contributed by atoms with Crippen LogP contribution in [0.2, 0.25) is 0 Å². The second-order valence-electron chi connectivity index (χ2n) is 4.65. The number of esters is 1. The maximum atomic E-state index is 11.5. The molecule has 0 amide bonds. The first kappa shape index (κ1) is 10.3. The molecular weight excluding hydrogens is 164 g/mol. The Hall–Kier alpha value is -0.790. The molecule has 0 aromatic rings. The molecule has 1 fully saturated rings. The molecule has 2 heteroatoms. The minimum atomic E-state index is -0.399. The maximum absolute atomic E-state index is 11.5. The normalized spacial score (nSPS) is 17.8. The Morgan fingerprint density at radius 3 is 2.23 bits per heavy atom. The van der Waals surface area contributed by atoms with Gasteiger partial charge in [-0.25, -0.2) is 4.79 Å². The van der Waals surface area contributed by atoms with Crippen molar-refractivity contribution in [3.8, 4) is 0 Å². The minimum Gasteiger partial charge on any atom is -0.457 e. The van der Waals surface area contributed by atoms with Crippen LogP contribution in [0.15, 0.2) is 12.2 Å². The molecule has 0 N–H and O–H groups in total. The number of hydrogen-bond acceptors (Lipinski definition) is 2. The monoisotopic (exact) mass is 182 g/mol. The zero-order valence-electron chi connectivity index (χ0n) is 8.72. The summed E-state index contributed by atoms with van der Waals surface area (Å²) in [5.74, 6) is 0.159. The van der Waals surface area contributed by atoms with E-state index in [1.54, 1.807) is 0 Å². The number of carbonyl (C=O) groups is 1. The first-order valence-corrected chi connectivity index (χ1v) is 4.82. The minimum absolute atomic E-state index is 0.225. The maximum Gasteiger partial charge on any atom is 0.334 e. The Labute approximate surface area is 80.0 Å². The molecule has 0 heterocycles. The summed E-state index contributed by atoms with van der Waals surface area (Å²) >= 11 is 0. The Morgan fingerprint density at radius 2 is 1.92 bits per heavy atom. The van der Waals surface area contributed by atoms with Crippen molar-refractivity contribution < 1.29 is 9.53 Å². The van der Waals surface area contributed by atoms with Crippen molar-refractivity contribution in [2.24, 2.45) is 5.92 Å². The van der Waals surface area contributed by atoms with Crippen LogP contribution < -0.4 is 0 Å². The highest BCUT2D eigenvalue weighted by atomic mass is 16.6. The number of rotatable bonds is 2. The smallest absolute Gasteiger partial charge is 0.334 e. The Morgan fingerprint density at radius 1 is 1.38 bits per heavy atom. The van der Waals surface area contributed by atoms with E-state index in [0.29, 0.717) is 11.5 Å². The summed E-state index contributed by atoms with van der Waals surface area (Å²) < 4.78 is 5.22. The molecule has 13 heavy (non-hydrogen) atoms. The van der Waals surface area contributed by atoms with Gasteiger partial charge in [0, 0.05) is 5.57 Å². The van der Waals surface area contributed by atoms with E-state index in [4.69, 9.17) is 4.74 Å². The van der Waals surface area contributed by atoms with Crippen molar-refractivity contribution in [2.45, 2.75) is 45.6 Å².